The van der Waals surface area contributed by atoms with E-state index in [1.807, 2.05) is 0 Å². The van der Waals surface area contributed by atoms with Gasteiger partial charge in [0.25, 0.3) is 0 Å². The van der Waals surface area contributed by atoms with Gasteiger partial charge in [-0.3, -0.25) is 0 Å². The fraction of sp³-hybridized carbons (Fsp3) is 0.250. The fourth-order valence-corrected chi connectivity index (χ4v) is 0.175. The molecule has 0 aromatic rings. The third kappa shape index (κ3) is 5.46. The third-order valence-electron chi connectivity index (χ3n) is 0.419. The molecule has 0 spiro atoms. The summed E-state index contributed by atoms with van der Waals surface area (Å²) in [4.78, 5) is 13.7. The number of halogens is 1. The summed E-state index contributed by atoms with van der Waals surface area (Å²) in [7, 11) is 0. The molecule has 0 bridgehead atoms. The van der Waals surface area contributed by atoms with E-state index >= 15 is 0 Å². The number of carbonyl (C=O) groups excluding carboxylic acids is 1. The number of hydrogen-bond donors (Lipinski definition) is 1. The van der Waals surface area contributed by atoms with Gasteiger partial charge in [0, 0.05) is 6.08 Å². The van der Waals surface area contributed by atoms with Gasteiger partial charge in [0.15, 0.2) is 0 Å². The number of rotatable bonds is 1. The second-order valence-electron chi connectivity index (χ2n) is 0.937. The Morgan fingerprint density at radius 2 is 2.25 bits per heavy atom. The molecule has 3 nitrogen and oxygen atoms in total. The van der Waals surface area contributed by atoms with Crippen molar-refractivity contribution < 1.29 is 9.63 Å². The monoisotopic (exact) mass is 137 g/mol. The highest BCUT2D eigenvalue weighted by molar-refractivity contribution is 5.85. The van der Waals surface area contributed by atoms with Crippen LogP contribution in [0.15, 0.2) is 12.2 Å². The zero-order valence-electron chi connectivity index (χ0n) is 4.46. The molecule has 0 unspecified atom stereocenters. The smallest absolute Gasteiger partial charge is 0.348 e. The van der Waals surface area contributed by atoms with Gasteiger partial charge in [-0.2, -0.15) is 5.90 Å². The summed E-state index contributed by atoms with van der Waals surface area (Å²) in [5.74, 6) is 3.93. The average Bonchev–Trinajstić information content (AvgIpc) is 1.68. The van der Waals surface area contributed by atoms with Crippen molar-refractivity contribution in [3.63, 3.8) is 0 Å². The minimum absolute atomic E-state index is 0. The molecule has 0 heterocycles. The molecule has 0 saturated heterocycles. The summed E-state index contributed by atoms with van der Waals surface area (Å²) in [6.07, 6.45) is 2.79. The van der Waals surface area contributed by atoms with Crippen LogP contribution in [-0.2, 0) is 9.63 Å². The van der Waals surface area contributed by atoms with Crippen LogP contribution in [0.4, 0.5) is 0 Å². The molecule has 0 aliphatic carbocycles. The van der Waals surface area contributed by atoms with Crippen molar-refractivity contribution in [2.24, 2.45) is 5.90 Å². The van der Waals surface area contributed by atoms with E-state index < -0.39 is 5.97 Å². The molecule has 0 radical (unpaired) electrons. The lowest BCUT2D eigenvalue weighted by Gasteiger charge is -1.83. The quantitative estimate of drug-likeness (QED) is 0.421. The summed E-state index contributed by atoms with van der Waals surface area (Å²) in [5.41, 5.74) is 0. The van der Waals surface area contributed by atoms with Crippen LogP contribution in [0, 0.1) is 0 Å². The van der Waals surface area contributed by atoms with Crippen molar-refractivity contribution in [3.05, 3.63) is 12.2 Å². The SMILES string of the molecule is CC=CC(=O)ON.Cl. The summed E-state index contributed by atoms with van der Waals surface area (Å²) < 4.78 is 0. The highest BCUT2D eigenvalue weighted by Gasteiger charge is 1.85. The molecule has 0 aromatic heterocycles. The Morgan fingerprint density at radius 1 is 1.75 bits per heavy atom. The maximum absolute atomic E-state index is 9.98. The summed E-state index contributed by atoms with van der Waals surface area (Å²) in [6.45, 7) is 1.71. The Balaban J connectivity index is 0. The predicted octanol–water partition coefficient (Wildman–Crippen LogP) is 0.401. The van der Waals surface area contributed by atoms with Crippen LogP contribution in [0.1, 0.15) is 6.92 Å². The standard InChI is InChI=1S/C4H7NO2.ClH/c1-2-3-4(6)7-5;/h2-3H,5H2,1H3;1H. The van der Waals surface area contributed by atoms with Gasteiger partial charge >= 0.3 is 5.97 Å². The lowest BCUT2D eigenvalue weighted by molar-refractivity contribution is -0.138. The highest BCUT2D eigenvalue weighted by Crippen LogP contribution is 1.71. The third-order valence-corrected chi connectivity index (χ3v) is 0.419. The Labute approximate surface area is 53.9 Å². The molecule has 4 heteroatoms. The number of carbonyl (C=O) groups is 1. The highest BCUT2D eigenvalue weighted by atomic mass is 35.5. The largest absolute Gasteiger partial charge is 0.370 e. The summed E-state index contributed by atoms with van der Waals surface area (Å²) >= 11 is 0. The van der Waals surface area contributed by atoms with Crippen LogP contribution in [0.2, 0.25) is 0 Å². The van der Waals surface area contributed by atoms with Gasteiger partial charge in [0.05, 0.1) is 0 Å². The van der Waals surface area contributed by atoms with Gasteiger partial charge in [-0.1, -0.05) is 6.08 Å². The molecule has 0 amide bonds. The van der Waals surface area contributed by atoms with Crippen molar-refractivity contribution in [3.8, 4) is 0 Å². The molecule has 0 atom stereocenters. The van der Waals surface area contributed by atoms with Crippen LogP contribution >= 0.6 is 12.4 Å². The molecule has 0 aliphatic heterocycles. The lowest BCUT2D eigenvalue weighted by atomic mass is 10.5. The van der Waals surface area contributed by atoms with Crippen LogP contribution < -0.4 is 5.90 Å². The van der Waals surface area contributed by atoms with E-state index in [-0.39, 0.29) is 12.4 Å². The first-order chi connectivity index (χ1) is 3.31. The summed E-state index contributed by atoms with van der Waals surface area (Å²) in [6, 6.07) is 0. The normalized spacial score (nSPS) is 8.25. The Bertz CT molecular complexity index is 92.0. The average molecular weight is 138 g/mol. The molecule has 0 aliphatic rings. The second kappa shape index (κ2) is 6.46. The molecule has 2 N–H and O–H groups in total. The molecule has 0 rings (SSSR count). The van der Waals surface area contributed by atoms with Gasteiger partial charge in [-0.25, -0.2) is 4.79 Å². The fourth-order valence-electron chi connectivity index (χ4n) is 0.175. The minimum atomic E-state index is -0.525. The van der Waals surface area contributed by atoms with Gasteiger partial charge < -0.3 is 4.84 Å². The van der Waals surface area contributed by atoms with Gasteiger partial charge in [-0.15, -0.1) is 12.4 Å². The first-order valence-electron chi connectivity index (χ1n) is 1.84. The van der Waals surface area contributed by atoms with Gasteiger partial charge in [0.2, 0.25) is 0 Å². The minimum Gasteiger partial charge on any atom is -0.370 e. The van der Waals surface area contributed by atoms with Crippen molar-refractivity contribution in [2.75, 3.05) is 0 Å². The van der Waals surface area contributed by atoms with Crippen LogP contribution in [0.5, 0.6) is 0 Å². The van der Waals surface area contributed by atoms with Crippen molar-refractivity contribution in [1.82, 2.24) is 0 Å². The first kappa shape index (κ1) is 10.4. The van der Waals surface area contributed by atoms with Crippen LogP contribution in [0.25, 0.3) is 0 Å². The topological polar surface area (TPSA) is 52.3 Å². The second-order valence-corrected chi connectivity index (χ2v) is 0.937. The summed E-state index contributed by atoms with van der Waals surface area (Å²) in [5, 5.41) is 0. The zero-order valence-corrected chi connectivity index (χ0v) is 5.27. The molecule has 0 aromatic carbocycles. The zero-order chi connectivity index (χ0) is 5.70. The van der Waals surface area contributed by atoms with E-state index in [0.29, 0.717) is 0 Å². The number of hydrogen-bond acceptors (Lipinski definition) is 3. The van der Waals surface area contributed by atoms with E-state index in [4.69, 9.17) is 0 Å². The van der Waals surface area contributed by atoms with Gasteiger partial charge in [0.1, 0.15) is 0 Å². The number of allylic oxidation sites excluding steroid dienone is 1. The van der Waals surface area contributed by atoms with E-state index in [1.54, 1.807) is 13.0 Å². The van der Waals surface area contributed by atoms with Gasteiger partial charge in [-0.05, 0) is 6.92 Å². The number of nitrogens with two attached hydrogens (primary N) is 1. The van der Waals surface area contributed by atoms with Crippen LogP contribution in [-0.4, -0.2) is 5.97 Å². The van der Waals surface area contributed by atoms with E-state index in [9.17, 15) is 4.79 Å². The predicted molar refractivity (Wildman–Crippen MR) is 32.3 cm³/mol. The molecule has 0 fully saturated rings. The maximum Gasteiger partial charge on any atom is 0.348 e. The van der Waals surface area contributed by atoms with Crippen molar-refractivity contribution in [1.29, 1.82) is 0 Å². The molecule has 8 heavy (non-hydrogen) atoms. The van der Waals surface area contributed by atoms with E-state index in [1.165, 1.54) is 6.08 Å². The molecular formula is C4H8ClNO2. The Morgan fingerprint density at radius 3 is 2.38 bits per heavy atom. The van der Waals surface area contributed by atoms with E-state index in [2.05, 4.69) is 10.7 Å². The van der Waals surface area contributed by atoms with Crippen LogP contribution in [0.3, 0.4) is 0 Å². The molecular weight excluding hydrogens is 130 g/mol. The lowest BCUT2D eigenvalue weighted by Crippen LogP contribution is -2.05. The Hall–Kier alpha value is -0.540. The Kier molecular flexibility index (Phi) is 8.43. The molecule has 48 valence electrons. The van der Waals surface area contributed by atoms with E-state index in [0.717, 1.165) is 0 Å². The van der Waals surface area contributed by atoms with Crippen molar-refractivity contribution >= 4 is 18.4 Å². The van der Waals surface area contributed by atoms with Crippen molar-refractivity contribution in [2.45, 2.75) is 6.92 Å². The maximum atomic E-state index is 9.98. The first-order valence-corrected chi connectivity index (χ1v) is 1.84. The molecule has 0 saturated carbocycles.